The van der Waals surface area contributed by atoms with E-state index in [4.69, 9.17) is 26.8 Å². The summed E-state index contributed by atoms with van der Waals surface area (Å²) < 4.78 is 26.7. The molecule has 2 heterocycles. The Labute approximate surface area is 171 Å². The number of aryl methyl sites for hydroxylation is 1. The fourth-order valence-corrected chi connectivity index (χ4v) is 3.30. The van der Waals surface area contributed by atoms with Gasteiger partial charge in [-0.25, -0.2) is 14.1 Å². The number of methoxy groups -OCH3 is 1. The van der Waals surface area contributed by atoms with E-state index in [2.05, 4.69) is 10.1 Å². The molecule has 0 aliphatic heterocycles. The lowest BCUT2D eigenvalue weighted by Crippen LogP contribution is -2.03. The van der Waals surface area contributed by atoms with Crippen LogP contribution in [0.3, 0.4) is 0 Å². The number of fused-ring (bicyclic) bond motifs is 1. The van der Waals surface area contributed by atoms with E-state index in [0.717, 1.165) is 22.4 Å². The molecule has 0 fully saturated rings. The minimum absolute atomic E-state index is 0.0364. The monoisotopic (exact) mass is 412 g/mol. The van der Waals surface area contributed by atoms with E-state index in [1.807, 2.05) is 31.2 Å². The first-order valence-corrected chi connectivity index (χ1v) is 9.21. The van der Waals surface area contributed by atoms with Crippen molar-refractivity contribution in [2.45, 2.75) is 13.5 Å². The van der Waals surface area contributed by atoms with Gasteiger partial charge in [-0.1, -0.05) is 23.7 Å². The molecule has 4 rings (SSSR count). The van der Waals surface area contributed by atoms with Crippen LogP contribution in [0.25, 0.3) is 11.0 Å². The summed E-state index contributed by atoms with van der Waals surface area (Å²) >= 11 is 6.16. The smallest absolute Gasteiger partial charge is 0.162 e. The lowest BCUT2D eigenvalue weighted by Gasteiger charge is -2.10. The fourth-order valence-electron chi connectivity index (χ4n) is 3.09. The van der Waals surface area contributed by atoms with E-state index < -0.39 is 5.82 Å². The zero-order valence-electron chi connectivity index (χ0n) is 15.8. The van der Waals surface area contributed by atoms with Gasteiger partial charge in [0.1, 0.15) is 23.1 Å². The first kappa shape index (κ1) is 19.0. The number of halogens is 2. The van der Waals surface area contributed by atoms with E-state index in [1.54, 1.807) is 24.1 Å². The van der Waals surface area contributed by atoms with Crippen molar-refractivity contribution < 1.29 is 13.9 Å². The van der Waals surface area contributed by atoms with E-state index >= 15 is 0 Å². The number of ether oxygens (including phenoxy) is 2. The molecule has 29 heavy (non-hydrogen) atoms. The number of rotatable bonds is 5. The Bertz CT molecular complexity index is 1190. The largest absolute Gasteiger partial charge is 0.497 e. The molecule has 6 nitrogen and oxygen atoms in total. The standard InChI is InChI=1S/C21H18ClFN4O2/c1-12-20-18(29-19-10-16(23)17(24)9-15(19)22)7-8-25-21(20)27(26-12)11-13-3-5-14(28-2)6-4-13/h3-10H,11,24H2,1-2H3. The van der Waals surface area contributed by atoms with Crippen LogP contribution in [-0.2, 0) is 6.54 Å². The zero-order valence-corrected chi connectivity index (χ0v) is 16.6. The fraction of sp³-hybridized carbons (Fsp3) is 0.143. The highest BCUT2D eigenvalue weighted by molar-refractivity contribution is 6.32. The van der Waals surface area contributed by atoms with Crippen LogP contribution in [0.2, 0.25) is 5.02 Å². The topological polar surface area (TPSA) is 75.2 Å². The molecule has 2 N–H and O–H groups in total. The maximum Gasteiger partial charge on any atom is 0.162 e. The van der Waals surface area contributed by atoms with Crippen molar-refractivity contribution in [1.82, 2.24) is 14.8 Å². The van der Waals surface area contributed by atoms with Gasteiger partial charge in [-0.2, -0.15) is 5.10 Å². The van der Waals surface area contributed by atoms with Crippen LogP contribution >= 0.6 is 11.6 Å². The first-order chi connectivity index (χ1) is 14.0. The molecule has 0 saturated heterocycles. The van der Waals surface area contributed by atoms with Crippen LogP contribution < -0.4 is 15.2 Å². The molecule has 0 radical (unpaired) electrons. The number of nitrogen functional groups attached to an aromatic ring is 1. The lowest BCUT2D eigenvalue weighted by atomic mass is 10.2. The van der Waals surface area contributed by atoms with Crippen molar-refractivity contribution in [3.05, 3.63) is 70.8 Å². The van der Waals surface area contributed by atoms with Crippen LogP contribution in [-0.4, -0.2) is 21.9 Å². The molecule has 2 aromatic carbocycles. The SMILES string of the molecule is COc1ccc(Cn2nc(C)c3c(Oc4cc(F)c(N)cc4Cl)ccnc32)cc1. The quantitative estimate of drug-likeness (QED) is 0.469. The van der Waals surface area contributed by atoms with Crippen molar-refractivity contribution in [2.24, 2.45) is 0 Å². The molecule has 2 aromatic heterocycles. The van der Waals surface area contributed by atoms with E-state index in [-0.39, 0.29) is 16.5 Å². The third-order valence-corrected chi connectivity index (χ3v) is 4.83. The summed E-state index contributed by atoms with van der Waals surface area (Å²) in [7, 11) is 1.63. The highest BCUT2D eigenvalue weighted by Crippen LogP contribution is 2.36. The highest BCUT2D eigenvalue weighted by atomic mass is 35.5. The minimum Gasteiger partial charge on any atom is -0.497 e. The predicted octanol–water partition coefficient (Wildman–Crippen LogP) is 4.96. The molecule has 0 spiro atoms. The summed E-state index contributed by atoms with van der Waals surface area (Å²) in [6, 6.07) is 11.9. The van der Waals surface area contributed by atoms with Gasteiger partial charge < -0.3 is 15.2 Å². The number of hydrogen-bond acceptors (Lipinski definition) is 5. The molecule has 0 unspecified atom stereocenters. The predicted molar refractivity (Wildman–Crippen MR) is 110 cm³/mol. The van der Waals surface area contributed by atoms with E-state index in [0.29, 0.717) is 17.9 Å². The van der Waals surface area contributed by atoms with Gasteiger partial charge in [0.25, 0.3) is 0 Å². The van der Waals surface area contributed by atoms with Gasteiger partial charge in [0, 0.05) is 12.3 Å². The average Bonchev–Trinajstić information content (AvgIpc) is 3.03. The highest BCUT2D eigenvalue weighted by Gasteiger charge is 2.16. The normalized spacial score (nSPS) is 11.0. The first-order valence-electron chi connectivity index (χ1n) is 8.83. The van der Waals surface area contributed by atoms with Crippen LogP contribution in [0.4, 0.5) is 10.1 Å². The molecule has 0 aliphatic rings. The number of aromatic nitrogens is 3. The van der Waals surface area contributed by atoms with E-state index in [9.17, 15) is 4.39 Å². The Balaban J connectivity index is 1.71. The third kappa shape index (κ3) is 3.69. The van der Waals surface area contributed by atoms with Crippen LogP contribution in [0, 0.1) is 12.7 Å². The summed E-state index contributed by atoms with van der Waals surface area (Å²) in [4.78, 5) is 4.46. The van der Waals surface area contributed by atoms with Gasteiger partial charge in [0.2, 0.25) is 0 Å². The van der Waals surface area contributed by atoms with Gasteiger partial charge in [-0.15, -0.1) is 0 Å². The molecule has 4 aromatic rings. The van der Waals surface area contributed by atoms with Crippen molar-refractivity contribution in [3.63, 3.8) is 0 Å². The maximum atomic E-state index is 13.9. The number of benzene rings is 2. The van der Waals surface area contributed by atoms with E-state index in [1.165, 1.54) is 12.1 Å². The van der Waals surface area contributed by atoms with Crippen molar-refractivity contribution in [1.29, 1.82) is 0 Å². The number of pyridine rings is 1. The number of nitrogens with zero attached hydrogens (tertiary/aromatic N) is 3. The Hall–Kier alpha value is -3.32. The minimum atomic E-state index is -0.596. The Kier molecular flexibility index (Phi) is 4.98. The molecular weight excluding hydrogens is 395 g/mol. The lowest BCUT2D eigenvalue weighted by molar-refractivity contribution is 0.414. The molecule has 0 amide bonds. The summed E-state index contributed by atoms with van der Waals surface area (Å²) in [6.45, 7) is 2.40. The number of nitrogens with two attached hydrogens (primary N) is 1. The van der Waals surface area contributed by atoms with Gasteiger partial charge >= 0.3 is 0 Å². The number of anilines is 1. The van der Waals surface area contributed by atoms with Crippen LogP contribution in [0.15, 0.2) is 48.7 Å². The second kappa shape index (κ2) is 7.60. The van der Waals surface area contributed by atoms with Crippen molar-refractivity contribution in [3.8, 4) is 17.2 Å². The van der Waals surface area contributed by atoms with Gasteiger partial charge in [-0.05, 0) is 36.8 Å². The molecule has 0 aliphatic carbocycles. The summed E-state index contributed by atoms with van der Waals surface area (Å²) in [5, 5.41) is 5.55. The molecule has 0 saturated carbocycles. The van der Waals surface area contributed by atoms with Crippen molar-refractivity contribution in [2.75, 3.05) is 12.8 Å². The van der Waals surface area contributed by atoms with Gasteiger partial charge in [0.05, 0.1) is 35.4 Å². The average molecular weight is 413 g/mol. The van der Waals surface area contributed by atoms with Gasteiger partial charge in [0.15, 0.2) is 5.65 Å². The summed E-state index contributed by atoms with van der Waals surface area (Å²) in [5.74, 6) is 0.853. The molecule has 148 valence electrons. The van der Waals surface area contributed by atoms with Crippen LogP contribution in [0.1, 0.15) is 11.3 Å². The second-order valence-electron chi connectivity index (χ2n) is 6.51. The Morgan fingerprint density at radius 3 is 2.62 bits per heavy atom. The molecule has 8 heteroatoms. The Morgan fingerprint density at radius 1 is 1.14 bits per heavy atom. The van der Waals surface area contributed by atoms with Crippen molar-refractivity contribution >= 4 is 28.3 Å². The van der Waals surface area contributed by atoms with Crippen LogP contribution in [0.5, 0.6) is 17.2 Å². The Morgan fingerprint density at radius 2 is 1.90 bits per heavy atom. The summed E-state index contributed by atoms with van der Waals surface area (Å²) in [5.41, 5.74) is 7.95. The zero-order chi connectivity index (χ0) is 20.5. The molecular formula is C21H18ClFN4O2. The summed E-state index contributed by atoms with van der Waals surface area (Å²) in [6.07, 6.45) is 1.62. The maximum absolute atomic E-state index is 13.9. The molecule has 0 bridgehead atoms. The molecule has 0 atom stereocenters. The van der Waals surface area contributed by atoms with Gasteiger partial charge in [-0.3, -0.25) is 0 Å². The number of hydrogen-bond donors (Lipinski definition) is 1. The second-order valence-corrected chi connectivity index (χ2v) is 6.91. The third-order valence-electron chi connectivity index (χ3n) is 4.53.